The van der Waals surface area contributed by atoms with Crippen LogP contribution < -0.4 is 0 Å². The molecule has 0 unspecified atom stereocenters. The zero-order chi connectivity index (χ0) is 13.9. The van der Waals surface area contributed by atoms with Crippen LogP contribution in [0.4, 0.5) is 0 Å². The van der Waals surface area contributed by atoms with Gasteiger partial charge in [0.1, 0.15) is 12.2 Å². The molecule has 0 aromatic carbocycles. The Morgan fingerprint density at radius 1 is 1.47 bits per heavy atom. The van der Waals surface area contributed by atoms with Crippen LogP contribution in [0.5, 0.6) is 0 Å². The maximum atomic E-state index is 11.2. The van der Waals surface area contributed by atoms with E-state index < -0.39 is 5.97 Å². The monoisotopic (exact) mass is 266 g/mol. The minimum Gasteiger partial charge on any atom is -0.481 e. The Hall–Kier alpha value is -1.43. The van der Waals surface area contributed by atoms with Crippen LogP contribution in [0.25, 0.3) is 0 Å². The van der Waals surface area contributed by atoms with Crippen molar-refractivity contribution < 1.29 is 9.90 Å². The summed E-state index contributed by atoms with van der Waals surface area (Å²) in [6.45, 7) is 0.643. The summed E-state index contributed by atoms with van der Waals surface area (Å²) in [7, 11) is 3.91. The minimum absolute atomic E-state index is 0.210. The molecular formula is C13H22N4O2. The second-order valence-electron chi connectivity index (χ2n) is 5.57. The summed E-state index contributed by atoms with van der Waals surface area (Å²) in [5.41, 5.74) is -0.226. The molecule has 1 aliphatic rings. The van der Waals surface area contributed by atoms with Gasteiger partial charge in [0.05, 0.1) is 13.0 Å². The van der Waals surface area contributed by atoms with Crippen molar-refractivity contribution in [1.29, 1.82) is 0 Å². The van der Waals surface area contributed by atoms with E-state index in [4.69, 9.17) is 0 Å². The van der Waals surface area contributed by atoms with E-state index in [1.54, 1.807) is 6.33 Å². The van der Waals surface area contributed by atoms with Crippen LogP contribution in [-0.2, 0) is 18.4 Å². The summed E-state index contributed by atoms with van der Waals surface area (Å²) < 4.78 is 1.88. The molecule has 1 fully saturated rings. The van der Waals surface area contributed by atoms with E-state index in [0.29, 0.717) is 6.54 Å². The van der Waals surface area contributed by atoms with Gasteiger partial charge in [0.15, 0.2) is 0 Å². The van der Waals surface area contributed by atoms with Gasteiger partial charge in [0, 0.05) is 12.6 Å². The van der Waals surface area contributed by atoms with Crippen molar-refractivity contribution >= 4 is 5.97 Å². The Kier molecular flexibility index (Phi) is 4.19. The summed E-state index contributed by atoms with van der Waals surface area (Å²) in [6, 6.07) is 0. The number of carbonyl (C=O) groups is 1. The number of hydrogen-bond acceptors (Lipinski definition) is 4. The number of carboxylic acid groups (broad SMARTS) is 1. The van der Waals surface area contributed by atoms with Crippen molar-refractivity contribution in [3.63, 3.8) is 0 Å². The fourth-order valence-electron chi connectivity index (χ4n) is 3.01. The third kappa shape index (κ3) is 3.12. The molecule has 0 atom stereocenters. The van der Waals surface area contributed by atoms with Crippen LogP contribution in [0.15, 0.2) is 6.33 Å². The molecule has 2 rings (SSSR count). The first-order chi connectivity index (χ1) is 9.03. The van der Waals surface area contributed by atoms with Crippen LogP contribution >= 0.6 is 0 Å². The fraction of sp³-hybridized carbons (Fsp3) is 0.769. The van der Waals surface area contributed by atoms with Crippen LogP contribution in [0.1, 0.15) is 44.3 Å². The number of carboxylic acids is 1. The quantitative estimate of drug-likeness (QED) is 0.872. The summed E-state index contributed by atoms with van der Waals surface area (Å²) in [5.74, 6) is 0.157. The molecule has 0 radical (unpaired) electrons. The molecule has 19 heavy (non-hydrogen) atoms. The van der Waals surface area contributed by atoms with Gasteiger partial charge in [-0.3, -0.25) is 9.69 Å². The molecule has 1 N–H and O–H groups in total. The minimum atomic E-state index is -0.716. The van der Waals surface area contributed by atoms with E-state index in [0.717, 1.165) is 31.5 Å². The van der Waals surface area contributed by atoms with E-state index in [1.165, 1.54) is 6.42 Å². The Morgan fingerprint density at radius 2 is 2.16 bits per heavy atom. The number of hydrogen-bond donors (Lipinski definition) is 1. The predicted octanol–water partition coefficient (Wildman–Crippen LogP) is 1.42. The lowest BCUT2D eigenvalue weighted by molar-refractivity contribution is -0.141. The molecule has 1 aliphatic carbocycles. The third-order valence-corrected chi connectivity index (χ3v) is 4.26. The number of nitrogens with zero attached hydrogens (tertiary/aromatic N) is 4. The maximum absolute atomic E-state index is 11.2. The zero-order valence-corrected chi connectivity index (χ0v) is 11.7. The smallest absolute Gasteiger partial charge is 0.305 e. The van der Waals surface area contributed by atoms with Gasteiger partial charge in [-0.2, -0.15) is 0 Å². The first-order valence-corrected chi connectivity index (χ1v) is 6.79. The summed E-state index contributed by atoms with van der Waals surface area (Å²) in [6.07, 6.45) is 7.21. The second kappa shape index (κ2) is 5.69. The molecule has 1 aromatic rings. The molecule has 1 heterocycles. The summed E-state index contributed by atoms with van der Waals surface area (Å²) in [4.78, 5) is 13.3. The lowest BCUT2D eigenvalue weighted by atomic mass is 9.78. The Bertz CT molecular complexity index is 438. The number of aryl methyl sites for hydroxylation is 1. The van der Waals surface area contributed by atoms with Gasteiger partial charge >= 0.3 is 5.97 Å². The lowest BCUT2D eigenvalue weighted by Gasteiger charge is -2.43. The Labute approximate surface area is 113 Å². The highest BCUT2D eigenvalue weighted by atomic mass is 16.4. The fourth-order valence-corrected chi connectivity index (χ4v) is 3.01. The standard InChI is InChI=1S/C13H22N4O2/c1-16-10-14-15-11(16)9-17(2)13(8-12(18)19)6-4-3-5-7-13/h10H,3-9H2,1-2H3,(H,18,19). The van der Waals surface area contributed by atoms with E-state index in [2.05, 4.69) is 15.1 Å². The van der Waals surface area contributed by atoms with Crippen molar-refractivity contribution in [1.82, 2.24) is 19.7 Å². The van der Waals surface area contributed by atoms with Gasteiger partial charge in [0.2, 0.25) is 0 Å². The average molecular weight is 266 g/mol. The molecular weight excluding hydrogens is 244 g/mol. The zero-order valence-electron chi connectivity index (χ0n) is 11.7. The lowest BCUT2D eigenvalue weighted by Crippen LogP contribution is -2.49. The van der Waals surface area contributed by atoms with E-state index in [9.17, 15) is 9.90 Å². The van der Waals surface area contributed by atoms with E-state index >= 15 is 0 Å². The molecule has 6 heteroatoms. The first-order valence-electron chi connectivity index (χ1n) is 6.79. The molecule has 6 nitrogen and oxygen atoms in total. The number of aliphatic carboxylic acids is 1. The molecule has 0 bridgehead atoms. The van der Waals surface area contributed by atoms with E-state index in [-0.39, 0.29) is 12.0 Å². The average Bonchev–Trinajstić information content (AvgIpc) is 2.75. The summed E-state index contributed by atoms with van der Waals surface area (Å²) in [5, 5.41) is 17.2. The SMILES string of the molecule is CN(Cc1nncn1C)C1(CC(=O)O)CCCCC1. The van der Waals surface area contributed by atoms with Crippen molar-refractivity contribution in [3.05, 3.63) is 12.2 Å². The predicted molar refractivity (Wildman–Crippen MR) is 70.5 cm³/mol. The van der Waals surface area contributed by atoms with Gasteiger partial charge in [-0.25, -0.2) is 0 Å². The highest BCUT2D eigenvalue weighted by Gasteiger charge is 2.38. The molecule has 0 aliphatic heterocycles. The molecule has 1 aromatic heterocycles. The van der Waals surface area contributed by atoms with Crippen LogP contribution in [0, 0.1) is 0 Å². The Balaban J connectivity index is 2.13. The van der Waals surface area contributed by atoms with Crippen LogP contribution in [0.2, 0.25) is 0 Å². The van der Waals surface area contributed by atoms with Gasteiger partial charge in [-0.1, -0.05) is 19.3 Å². The van der Waals surface area contributed by atoms with Crippen molar-refractivity contribution in [2.45, 2.75) is 50.6 Å². The van der Waals surface area contributed by atoms with E-state index in [1.807, 2.05) is 18.7 Å². The number of rotatable bonds is 5. The Morgan fingerprint density at radius 3 is 2.68 bits per heavy atom. The van der Waals surface area contributed by atoms with Crippen molar-refractivity contribution in [2.75, 3.05) is 7.05 Å². The maximum Gasteiger partial charge on any atom is 0.305 e. The van der Waals surface area contributed by atoms with Gasteiger partial charge in [-0.15, -0.1) is 10.2 Å². The largest absolute Gasteiger partial charge is 0.481 e. The van der Waals surface area contributed by atoms with Crippen LogP contribution in [-0.4, -0.2) is 43.3 Å². The third-order valence-electron chi connectivity index (χ3n) is 4.26. The highest BCUT2D eigenvalue weighted by Crippen LogP contribution is 2.36. The van der Waals surface area contributed by atoms with Crippen LogP contribution in [0.3, 0.4) is 0 Å². The highest BCUT2D eigenvalue weighted by molar-refractivity contribution is 5.68. The molecule has 0 saturated heterocycles. The first kappa shape index (κ1) is 14.0. The topological polar surface area (TPSA) is 71.2 Å². The molecule has 0 spiro atoms. The molecule has 106 valence electrons. The number of aromatic nitrogens is 3. The molecule has 1 saturated carbocycles. The van der Waals surface area contributed by atoms with Crippen molar-refractivity contribution in [2.24, 2.45) is 7.05 Å². The van der Waals surface area contributed by atoms with Gasteiger partial charge in [0.25, 0.3) is 0 Å². The molecule has 0 amide bonds. The van der Waals surface area contributed by atoms with Gasteiger partial charge < -0.3 is 9.67 Å². The van der Waals surface area contributed by atoms with Crippen molar-refractivity contribution in [3.8, 4) is 0 Å². The normalized spacial score (nSPS) is 18.7. The van der Waals surface area contributed by atoms with Gasteiger partial charge in [-0.05, 0) is 19.9 Å². The second-order valence-corrected chi connectivity index (χ2v) is 5.57. The summed E-state index contributed by atoms with van der Waals surface area (Å²) >= 11 is 0.